The maximum Gasteiger partial charge on any atom is 0.219 e. The zero-order chi connectivity index (χ0) is 18.4. The molecule has 0 aromatic heterocycles. The monoisotopic (exact) mass is 484 g/mol. The second-order valence-electron chi connectivity index (χ2n) is 7.73. The second kappa shape index (κ2) is 10.4. The minimum absolute atomic E-state index is 0. The molecule has 3 aliphatic rings. The van der Waals surface area contributed by atoms with Gasteiger partial charge in [-0.25, -0.2) is 4.99 Å². The lowest BCUT2D eigenvalue weighted by atomic mass is 10.1. The van der Waals surface area contributed by atoms with Crippen LogP contribution in [-0.2, 0) is 6.42 Å². The van der Waals surface area contributed by atoms with Crippen LogP contribution < -0.4 is 29.7 Å². The molecule has 3 N–H and O–H groups in total. The van der Waals surface area contributed by atoms with Crippen LogP contribution in [0, 0.1) is 5.41 Å². The number of amidine groups is 1. The van der Waals surface area contributed by atoms with E-state index in [0.29, 0.717) is 11.8 Å². The molecule has 0 atom stereocenters. The lowest BCUT2D eigenvalue weighted by molar-refractivity contribution is -0.941. The van der Waals surface area contributed by atoms with E-state index in [1.165, 1.54) is 55.9 Å². The topological polar surface area (TPSA) is 68.7 Å². The molecule has 1 aromatic carbocycles. The largest absolute Gasteiger partial charge is 1.00 e. The van der Waals surface area contributed by atoms with Gasteiger partial charge in [0.25, 0.3) is 0 Å². The number of fused-ring (bicyclic) bond motifs is 3. The number of quaternary nitrogens is 1. The summed E-state index contributed by atoms with van der Waals surface area (Å²) in [6, 6.07) is 10.5. The highest BCUT2D eigenvalue weighted by atomic mass is 127. The molecule has 0 radical (unpaired) electrons. The van der Waals surface area contributed by atoms with E-state index in [4.69, 9.17) is 11.1 Å². The Morgan fingerprint density at radius 1 is 1.15 bits per heavy atom. The normalized spacial score (nSPS) is 24.3. The lowest BCUT2D eigenvalue weighted by Gasteiger charge is -2.50. The van der Waals surface area contributed by atoms with Crippen molar-refractivity contribution >= 4 is 11.8 Å². The third-order valence-corrected chi connectivity index (χ3v) is 5.83. The number of aliphatic imine (C=N–C) groups is 1. The second-order valence-corrected chi connectivity index (χ2v) is 7.73. The molecule has 2 bridgehead atoms. The summed E-state index contributed by atoms with van der Waals surface area (Å²) in [4.78, 5) is 8.86. The van der Waals surface area contributed by atoms with Gasteiger partial charge < -0.3 is 39.1 Å². The van der Waals surface area contributed by atoms with E-state index in [-0.39, 0.29) is 24.0 Å². The number of halogens is 1. The Bertz CT molecular complexity index is 607. The van der Waals surface area contributed by atoms with Gasteiger partial charge in [0.1, 0.15) is 0 Å². The number of piperazine rings is 3. The van der Waals surface area contributed by atoms with Crippen LogP contribution >= 0.6 is 0 Å². The Morgan fingerprint density at radius 2 is 1.78 bits per heavy atom. The molecule has 27 heavy (non-hydrogen) atoms. The summed E-state index contributed by atoms with van der Waals surface area (Å²) >= 11 is 0. The van der Waals surface area contributed by atoms with Crippen molar-refractivity contribution in [3.63, 3.8) is 0 Å². The number of hydrogen-bond acceptors (Lipinski definition) is 2. The first-order chi connectivity index (χ1) is 12.6. The first-order valence-corrected chi connectivity index (χ1v) is 9.82. The van der Waals surface area contributed by atoms with E-state index in [9.17, 15) is 0 Å². The van der Waals surface area contributed by atoms with Crippen LogP contribution in [0.15, 0.2) is 35.3 Å². The zero-order valence-corrected chi connectivity index (χ0v) is 18.6. The molecular weight excluding hydrogens is 451 g/mol. The average Bonchev–Trinajstić information content (AvgIpc) is 2.66. The van der Waals surface area contributed by atoms with Crippen LogP contribution in [0.2, 0.25) is 0 Å². The van der Waals surface area contributed by atoms with Crippen LogP contribution in [-0.4, -0.2) is 85.0 Å². The molecule has 0 aliphatic carbocycles. The van der Waals surface area contributed by atoms with Crippen molar-refractivity contribution in [2.45, 2.75) is 19.8 Å². The minimum Gasteiger partial charge on any atom is -1.00 e. The molecule has 0 saturated carbocycles. The van der Waals surface area contributed by atoms with E-state index < -0.39 is 0 Å². The summed E-state index contributed by atoms with van der Waals surface area (Å²) in [6.07, 6.45) is 2.04. The van der Waals surface area contributed by atoms with E-state index >= 15 is 0 Å². The number of rotatable bonds is 7. The summed E-state index contributed by atoms with van der Waals surface area (Å²) in [5.41, 5.74) is 7.01. The highest BCUT2D eigenvalue weighted by Crippen LogP contribution is 2.20. The van der Waals surface area contributed by atoms with Crippen LogP contribution in [0.25, 0.3) is 0 Å². The highest BCUT2D eigenvalue weighted by molar-refractivity contribution is 5.92. The molecule has 1 aromatic rings. The maximum atomic E-state index is 8.31. The zero-order valence-electron chi connectivity index (χ0n) is 16.4. The fourth-order valence-electron chi connectivity index (χ4n) is 4.13. The van der Waals surface area contributed by atoms with Gasteiger partial charge in [0.05, 0.1) is 32.0 Å². The number of nitrogens with zero attached hydrogens (tertiary/aromatic N) is 4. The van der Waals surface area contributed by atoms with Crippen molar-refractivity contribution in [2.24, 2.45) is 10.7 Å². The van der Waals surface area contributed by atoms with Gasteiger partial charge in [0, 0.05) is 39.1 Å². The number of guanidine groups is 1. The van der Waals surface area contributed by atoms with Crippen molar-refractivity contribution in [2.75, 3.05) is 58.9 Å². The van der Waals surface area contributed by atoms with Crippen molar-refractivity contribution in [1.29, 1.82) is 5.41 Å². The predicted molar refractivity (Wildman–Crippen MR) is 108 cm³/mol. The summed E-state index contributed by atoms with van der Waals surface area (Å²) in [6.45, 7) is 12.3. The van der Waals surface area contributed by atoms with Gasteiger partial charge in [-0.2, -0.15) is 0 Å². The fourth-order valence-corrected chi connectivity index (χ4v) is 4.13. The molecule has 7 heteroatoms. The van der Waals surface area contributed by atoms with Crippen molar-refractivity contribution in [1.82, 2.24) is 9.80 Å². The van der Waals surface area contributed by atoms with E-state index in [1.54, 1.807) is 6.92 Å². The van der Waals surface area contributed by atoms with Crippen molar-refractivity contribution < 1.29 is 28.5 Å². The molecular formula is C20H33IN6. The minimum atomic E-state index is 0. The Morgan fingerprint density at radius 3 is 2.37 bits per heavy atom. The summed E-state index contributed by atoms with van der Waals surface area (Å²) in [5, 5.41) is 8.31. The molecule has 3 saturated heterocycles. The SMILES string of the molecule is CC(N)=NC(=N)N(CCC[N+]12CCN(CC1)CC2)CCc1ccccc1.[I-]. The van der Waals surface area contributed by atoms with Gasteiger partial charge in [-0.05, 0) is 18.9 Å². The van der Waals surface area contributed by atoms with E-state index in [1.807, 2.05) is 6.07 Å². The highest BCUT2D eigenvalue weighted by Gasteiger charge is 2.37. The summed E-state index contributed by atoms with van der Waals surface area (Å²) in [5.74, 6) is 0.748. The third kappa shape index (κ3) is 6.43. The standard InChI is InChI=1S/C20H33N6.HI/c1-18(21)23-20(22)25(10-8-19-6-3-2-4-7-19)9-5-14-26-15-11-24(12-16-26)13-17-26;/h2-4,6-7H,5,8-17H2,1H3,(H3,21,22,23);1H/q+1;/p-1. The first kappa shape index (κ1) is 22.1. The quantitative estimate of drug-likeness (QED) is 0.212. The predicted octanol–water partition coefficient (Wildman–Crippen LogP) is -1.62. The van der Waals surface area contributed by atoms with Crippen LogP contribution in [0.5, 0.6) is 0 Å². The molecule has 0 amide bonds. The number of hydrogen-bond donors (Lipinski definition) is 2. The van der Waals surface area contributed by atoms with Gasteiger partial charge in [0.15, 0.2) is 0 Å². The molecule has 0 spiro atoms. The lowest BCUT2D eigenvalue weighted by Crippen LogP contribution is -3.00. The van der Waals surface area contributed by atoms with Gasteiger partial charge in [-0.3, -0.25) is 10.3 Å². The van der Waals surface area contributed by atoms with Crippen LogP contribution in [0.3, 0.4) is 0 Å². The molecule has 3 aliphatic heterocycles. The molecule has 6 nitrogen and oxygen atoms in total. The molecule has 0 unspecified atom stereocenters. The Kier molecular flexibility index (Phi) is 8.50. The van der Waals surface area contributed by atoms with Crippen molar-refractivity contribution in [3.8, 4) is 0 Å². The average molecular weight is 484 g/mol. The van der Waals surface area contributed by atoms with Gasteiger partial charge >= 0.3 is 0 Å². The molecule has 3 fully saturated rings. The molecule has 150 valence electrons. The molecule has 4 rings (SSSR count). The number of benzene rings is 1. The van der Waals surface area contributed by atoms with Crippen LogP contribution in [0.1, 0.15) is 18.9 Å². The maximum absolute atomic E-state index is 8.31. The van der Waals surface area contributed by atoms with Crippen molar-refractivity contribution in [3.05, 3.63) is 35.9 Å². The Labute approximate surface area is 180 Å². The smallest absolute Gasteiger partial charge is 0.219 e. The van der Waals surface area contributed by atoms with Crippen LogP contribution in [0.4, 0.5) is 0 Å². The Hall–Kier alpha value is -1.19. The number of nitrogens with one attached hydrogen (secondary N) is 1. The van der Waals surface area contributed by atoms with Gasteiger partial charge in [-0.1, -0.05) is 30.3 Å². The molecule has 3 heterocycles. The third-order valence-electron chi connectivity index (χ3n) is 5.83. The Balaban J connectivity index is 0.00000261. The van der Waals surface area contributed by atoms with Gasteiger partial charge in [-0.15, -0.1) is 0 Å². The summed E-state index contributed by atoms with van der Waals surface area (Å²) < 4.78 is 1.27. The van der Waals surface area contributed by atoms with Gasteiger partial charge in [0.2, 0.25) is 5.96 Å². The van der Waals surface area contributed by atoms with E-state index in [2.05, 4.69) is 39.1 Å². The number of nitrogens with two attached hydrogens (primary N) is 1. The first-order valence-electron chi connectivity index (χ1n) is 9.82. The van der Waals surface area contributed by atoms with E-state index in [0.717, 1.165) is 25.9 Å². The summed E-state index contributed by atoms with van der Waals surface area (Å²) in [7, 11) is 0. The fraction of sp³-hybridized carbons (Fsp3) is 0.600.